The van der Waals surface area contributed by atoms with E-state index < -0.39 is 7.92 Å². The molecule has 3 rings (SSSR count). The maximum absolute atomic E-state index is 5.59. The first-order valence-corrected chi connectivity index (χ1v) is 8.98. The molecule has 2 aromatic carbocycles. The molecular formula is C20H21OP. The quantitative estimate of drug-likeness (QED) is 0.745. The van der Waals surface area contributed by atoms with Crippen molar-refractivity contribution in [3.63, 3.8) is 0 Å². The molecule has 0 amide bonds. The Balaban J connectivity index is 2.11. The lowest BCUT2D eigenvalue weighted by atomic mass is 10.2. The molecule has 1 aliphatic carbocycles. The van der Waals surface area contributed by atoms with Crippen LogP contribution in [0.15, 0.2) is 83.7 Å². The Morgan fingerprint density at radius 2 is 1.45 bits per heavy atom. The number of allylic oxidation sites excluding steroid dienone is 2. The van der Waals surface area contributed by atoms with Crippen LogP contribution in [0, 0.1) is 0 Å². The van der Waals surface area contributed by atoms with E-state index in [4.69, 9.17) is 4.74 Å². The van der Waals surface area contributed by atoms with Crippen molar-refractivity contribution in [3.05, 3.63) is 83.7 Å². The molecular weight excluding hydrogens is 287 g/mol. The van der Waals surface area contributed by atoms with E-state index in [2.05, 4.69) is 79.7 Å². The van der Waals surface area contributed by atoms with Gasteiger partial charge in [-0.2, -0.15) is 0 Å². The third-order valence-electron chi connectivity index (χ3n) is 4.03. The van der Waals surface area contributed by atoms with Gasteiger partial charge in [0.25, 0.3) is 0 Å². The number of hydrogen-bond donors (Lipinski definition) is 0. The average Bonchev–Trinajstić information content (AvgIpc) is 3.06. The highest BCUT2D eigenvalue weighted by molar-refractivity contribution is 7.76. The van der Waals surface area contributed by atoms with Crippen molar-refractivity contribution >= 4 is 18.5 Å². The van der Waals surface area contributed by atoms with Crippen molar-refractivity contribution in [2.75, 3.05) is 7.11 Å². The molecule has 2 heteroatoms. The van der Waals surface area contributed by atoms with Crippen LogP contribution in [-0.4, -0.2) is 13.2 Å². The summed E-state index contributed by atoms with van der Waals surface area (Å²) in [4.78, 5) is 0. The van der Waals surface area contributed by atoms with Crippen LogP contribution in [0.1, 0.15) is 13.3 Å². The second-order valence-corrected chi connectivity index (χ2v) is 7.64. The molecule has 0 saturated carbocycles. The molecule has 0 N–H and O–H groups in total. The monoisotopic (exact) mass is 308 g/mol. The molecule has 0 heterocycles. The fourth-order valence-electron chi connectivity index (χ4n) is 2.84. The number of rotatable bonds is 5. The molecule has 0 saturated heterocycles. The number of benzene rings is 2. The zero-order valence-electron chi connectivity index (χ0n) is 13.1. The van der Waals surface area contributed by atoms with Crippen LogP contribution in [0.5, 0.6) is 0 Å². The molecule has 0 aliphatic heterocycles. The van der Waals surface area contributed by atoms with Crippen molar-refractivity contribution < 1.29 is 4.74 Å². The Morgan fingerprint density at radius 1 is 0.909 bits per heavy atom. The Hall–Kier alpha value is -1.69. The third kappa shape index (κ3) is 3.06. The van der Waals surface area contributed by atoms with Crippen molar-refractivity contribution in [1.29, 1.82) is 0 Å². The smallest absolute Gasteiger partial charge is 0.0796 e. The lowest BCUT2D eigenvalue weighted by Gasteiger charge is -2.23. The van der Waals surface area contributed by atoms with E-state index in [0.29, 0.717) is 0 Å². The van der Waals surface area contributed by atoms with Crippen LogP contribution in [0.2, 0.25) is 0 Å². The van der Waals surface area contributed by atoms with Gasteiger partial charge in [-0.05, 0) is 42.8 Å². The van der Waals surface area contributed by atoms with Gasteiger partial charge >= 0.3 is 0 Å². The van der Waals surface area contributed by atoms with Gasteiger partial charge in [0, 0.05) is 7.11 Å². The largest absolute Gasteiger partial charge is 0.377 e. The lowest BCUT2D eigenvalue weighted by Crippen LogP contribution is -2.15. The minimum Gasteiger partial charge on any atom is -0.377 e. The summed E-state index contributed by atoms with van der Waals surface area (Å²) in [5.74, 6) is 0. The van der Waals surface area contributed by atoms with E-state index in [1.807, 2.05) is 0 Å². The van der Waals surface area contributed by atoms with E-state index in [0.717, 1.165) is 6.42 Å². The van der Waals surface area contributed by atoms with Gasteiger partial charge in [0.2, 0.25) is 0 Å². The summed E-state index contributed by atoms with van der Waals surface area (Å²) in [7, 11) is 1.29. The summed E-state index contributed by atoms with van der Waals surface area (Å²) < 4.78 is 5.59. The second kappa shape index (κ2) is 7.05. The van der Waals surface area contributed by atoms with Gasteiger partial charge in [-0.1, -0.05) is 72.8 Å². The Morgan fingerprint density at radius 3 is 1.95 bits per heavy atom. The standard InChI is InChI=1S/C20H21OP/c1-16(21-2)19-14-9-15-20(19)22(17-10-5-3-6-11-17)18-12-7-4-8-13-18/h3-14,16H,15H2,1-2H3/t16-/m0/s1. The summed E-state index contributed by atoms with van der Waals surface area (Å²) in [6, 6.07) is 21.7. The first-order valence-electron chi connectivity index (χ1n) is 7.64. The van der Waals surface area contributed by atoms with E-state index >= 15 is 0 Å². The van der Waals surface area contributed by atoms with Crippen molar-refractivity contribution in [2.24, 2.45) is 0 Å². The molecule has 0 bridgehead atoms. The predicted octanol–water partition coefficient (Wildman–Crippen LogP) is 4.37. The number of ether oxygens (including phenoxy) is 1. The minimum atomic E-state index is -0.492. The Kier molecular flexibility index (Phi) is 4.87. The van der Waals surface area contributed by atoms with Crippen molar-refractivity contribution in [3.8, 4) is 0 Å². The summed E-state index contributed by atoms with van der Waals surface area (Å²) in [6.45, 7) is 2.13. The molecule has 1 atom stereocenters. The van der Waals surface area contributed by atoms with Crippen molar-refractivity contribution in [1.82, 2.24) is 0 Å². The van der Waals surface area contributed by atoms with Crippen LogP contribution in [-0.2, 0) is 4.74 Å². The topological polar surface area (TPSA) is 9.23 Å². The maximum atomic E-state index is 5.59. The molecule has 1 aliphatic rings. The second-order valence-electron chi connectivity index (χ2n) is 5.39. The summed E-state index contributed by atoms with van der Waals surface area (Å²) >= 11 is 0. The summed E-state index contributed by atoms with van der Waals surface area (Å²) in [5.41, 5.74) is 1.35. The highest BCUT2D eigenvalue weighted by Gasteiger charge is 2.25. The zero-order chi connectivity index (χ0) is 15.4. The molecule has 112 valence electrons. The third-order valence-corrected chi connectivity index (χ3v) is 6.64. The fourth-order valence-corrected chi connectivity index (χ4v) is 5.51. The van der Waals surface area contributed by atoms with Crippen LogP contribution < -0.4 is 10.6 Å². The first kappa shape index (κ1) is 15.2. The zero-order valence-corrected chi connectivity index (χ0v) is 14.0. The molecule has 1 nitrogen and oxygen atoms in total. The van der Waals surface area contributed by atoms with Gasteiger partial charge in [0.05, 0.1) is 6.10 Å². The summed E-state index contributed by atoms with van der Waals surface area (Å²) in [6.07, 6.45) is 5.68. The van der Waals surface area contributed by atoms with Gasteiger partial charge in [0.15, 0.2) is 0 Å². The fraction of sp³-hybridized carbons (Fsp3) is 0.200. The first-order chi connectivity index (χ1) is 10.8. The van der Waals surface area contributed by atoms with E-state index in [1.165, 1.54) is 21.5 Å². The highest BCUT2D eigenvalue weighted by atomic mass is 31.1. The van der Waals surface area contributed by atoms with Crippen LogP contribution in [0.3, 0.4) is 0 Å². The van der Waals surface area contributed by atoms with Gasteiger partial charge in [-0.15, -0.1) is 0 Å². The van der Waals surface area contributed by atoms with E-state index in [1.54, 1.807) is 7.11 Å². The predicted molar refractivity (Wildman–Crippen MR) is 96.3 cm³/mol. The molecule has 0 radical (unpaired) electrons. The van der Waals surface area contributed by atoms with Gasteiger partial charge in [0.1, 0.15) is 0 Å². The van der Waals surface area contributed by atoms with Gasteiger partial charge in [-0.3, -0.25) is 0 Å². The number of hydrogen-bond acceptors (Lipinski definition) is 1. The van der Waals surface area contributed by atoms with Gasteiger partial charge < -0.3 is 4.74 Å². The van der Waals surface area contributed by atoms with Crippen molar-refractivity contribution in [2.45, 2.75) is 19.4 Å². The Labute approximate surface area is 134 Å². The molecule has 2 aromatic rings. The molecule has 0 fully saturated rings. The lowest BCUT2D eigenvalue weighted by molar-refractivity contribution is 0.149. The highest BCUT2D eigenvalue weighted by Crippen LogP contribution is 2.49. The molecule has 0 spiro atoms. The number of methoxy groups -OCH3 is 1. The minimum absolute atomic E-state index is 0.145. The van der Waals surface area contributed by atoms with Crippen LogP contribution in [0.25, 0.3) is 0 Å². The van der Waals surface area contributed by atoms with Crippen LogP contribution >= 0.6 is 7.92 Å². The maximum Gasteiger partial charge on any atom is 0.0796 e. The summed E-state index contributed by atoms with van der Waals surface area (Å²) in [5, 5.41) is 4.33. The molecule has 0 unspecified atom stereocenters. The molecule has 0 aromatic heterocycles. The van der Waals surface area contributed by atoms with E-state index in [-0.39, 0.29) is 6.10 Å². The van der Waals surface area contributed by atoms with E-state index in [9.17, 15) is 0 Å². The van der Waals surface area contributed by atoms with Crippen LogP contribution in [0.4, 0.5) is 0 Å². The average molecular weight is 308 g/mol. The molecule has 22 heavy (non-hydrogen) atoms. The van der Waals surface area contributed by atoms with Gasteiger partial charge in [-0.25, -0.2) is 0 Å². The SMILES string of the molecule is CO[C@@H](C)C1=C(P(c2ccccc2)c2ccccc2)CC=C1. The normalized spacial score (nSPS) is 15.6. The Bertz CT molecular complexity index is 634.